The Balaban J connectivity index is 2.85. The molecule has 6 heteroatoms. The third-order valence-corrected chi connectivity index (χ3v) is 3.14. The number of carbonyl (C=O) groups is 2. The zero-order chi connectivity index (χ0) is 17.1. The quantitative estimate of drug-likeness (QED) is 0.500. The third-order valence-electron chi connectivity index (χ3n) is 3.14. The number of phenols is 1. The van der Waals surface area contributed by atoms with Gasteiger partial charge in [0.1, 0.15) is 5.56 Å². The van der Waals surface area contributed by atoms with E-state index in [0.29, 0.717) is 5.39 Å². The van der Waals surface area contributed by atoms with E-state index >= 15 is 0 Å². The minimum absolute atomic E-state index is 0.0297. The molecule has 2 rings (SSSR count). The van der Waals surface area contributed by atoms with Crippen molar-refractivity contribution in [2.24, 2.45) is 0 Å². The Hall–Kier alpha value is -3.02. The summed E-state index contributed by atoms with van der Waals surface area (Å²) in [5.74, 6) is -2.80. The Kier molecular flexibility index (Phi) is 4.55. The second kappa shape index (κ2) is 6.39. The van der Waals surface area contributed by atoms with Crippen LogP contribution in [0.4, 0.5) is 0 Å². The first-order valence-corrected chi connectivity index (χ1v) is 6.89. The highest BCUT2D eigenvalue weighted by atomic mass is 16.6. The third kappa shape index (κ3) is 2.96. The van der Waals surface area contributed by atoms with E-state index in [-0.39, 0.29) is 34.6 Å². The van der Waals surface area contributed by atoms with Gasteiger partial charge in [-0.25, -0.2) is 9.59 Å². The molecular weight excluding hydrogens is 300 g/mol. The number of ether oxygens (including phenoxy) is 2. The van der Waals surface area contributed by atoms with Gasteiger partial charge in [-0.15, -0.1) is 0 Å². The molecule has 2 aromatic carbocycles. The van der Waals surface area contributed by atoms with E-state index in [9.17, 15) is 19.8 Å². The highest BCUT2D eigenvalue weighted by Gasteiger charge is 2.26. The summed E-state index contributed by atoms with van der Waals surface area (Å²) >= 11 is 0. The summed E-state index contributed by atoms with van der Waals surface area (Å²) in [5.41, 5.74) is -0.141. The number of esters is 1. The van der Waals surface area contributed by atoms with Crippen molar-refractivity contribution in [3.63, 3.8) is 0 Å². The number of fused-ring (bicyclic) bond motifs is 1. The van der Waals surface area contributed by atoms with Crippen molar-refractivity contribution in [1.29, 1.82) is 0 Å². The predicted octanol–water partition coefficient (Wildman–Crippen LogP) is 3.12. The van der Waals surface area contributed by atoms with E-state index < -0.39 is 17.7 Å². The number of benzene rings is 2. The van der Waals surface area contributed by atoms with Gasteiger partial charge in [-0.3, -0.25) is 0 Å². The van der Waals surface area contributed by atoms with Crippen LogP contribution in [0.2, 0.25) is 0 Å². The molecule has 0 aromatic heterocycles. The topological polar surface area (TPSA) is 93.1 Å². The molecule has 0 spiro atoms. The fraction of sp³-hybridized carbons (Fsp3) is 0.176. The Morgan fingerprint density at radius 3 is 2.30 bits per heavy atom. The number of carboxylic acid groups (broad SMARTS) is 1. The van der Waals surface area contributed by atoms with Gasteiger partial charge in [0.25, 0.3) is 0 Å². The number of aromatic carboxylic acids is 1. The van der Waals surface area contributed by atoms with Gasteiger partial charge in [-0.2, -0.15) is 0 Å². The molecule has 23 heavy (non-hydrogen) atoms. The predicted molar refractivity (Wildman–Crippen MR) is 84.2 cm³/mol. The fourth-order valence-corrected chi connectivity index (χ4v) is 2.15. The maximum Gasteiger partial charge on any atom is 0.340 e. The molecule has 2 aromatic rings. The molecule has 6 nitrogen and oxygen atoms in total. The standard InChI is InChI=1S/C17H16O6/c1-4-22-15-13(18)12(16(19)20)10-7-5-6-8-11(10)14(15)23-17(21)9(2)3/h5-8,18H,2,4H2,1,3H3,(H,19,20). The lowest BCUT2D eigenvalue weighted by atomic mass is 10.0. The molecule has 120 valence electrons. The Bertz CT molecular complexity index is 806. The van der Waals surface area contributed by atoms with E-state index in [1.807, 2.05) is 0 Å². The van der Waals surface area contributed by atoms with Gasteiger partial charge in [-0.05, 0) is 13.8 Å². The smallest absolute Gasteiger partial charge is 0.340 e. The molecule has 0 heterocycles. The monoisotopic (exact) mass is 316 g/mol. The summed E-state index contributed by atoms with van der Waals surface area (Å²) in [6, 6.07) is 6.40. The highest BCUT2D eigenvalue weighted by molar-refractivity contribution is 6.10. The van der Waals surface area contributed by atoms with Gasteiger partial charge in [0.05, 0.1) is 6.61 Å². The average molecular weight is 316 g/mol. The molecule has 0 saturated carbocycles. The zero-order valence-electron chi connectivity index (χ0n) is 12.8. The minimum atomic E-state index is -1.31. The van der Waals surface area contributed by atoms with Crippen LogP contribution in [0.1, 0.15) is 24.2 Å². The SMILES string of the molecule is C=C(C)C(=O)Oc1c(OCC)c(O)c(C(=O)O)c2ccccc12. The largest absolute Gasteiger partial charge is 0.504 e. The molecular formula is C17H16O6. The zero-order valence-corrected chi connectivity index (χ0v) is 12.8. The van der Waals surface area contributed by atoms with Crippen LogP contribution in [-0.2, 0) is 4.79 Å². The van der Waals surface area contributed by atoms with Gasteiger partial charge in [-0.1, -0.05) is 30.8 Å². The Morgan fingerprint density at radius 2 is 1.78 bits per heavy atom. The molecule has 0 bridgehead atoms. The highest BCUT2D eigenvalue weighted by Crippen LogP contribution is 2.46. The second-order valence-corrected chi connectivity index (χ2v) is 4.84. The summed E-state index contributed by atoms with van der Waals surface area (Å²) in [7, 11) is 0. The molecule has 0 aliphatic carbocycles. The van der Waals surface area contributed by atoms with Crippen molar-refractivity contribution in [2.75, 3.05) is 6.61 Å². The number of hydrogen-bond donors (Lipinski definition) is 2. The second-order valence-electron chi connectivity index (χ2n) is 4.84. The van der Waals surface area contributed by atoms with Gasteiger partial charge >= 0.3 is 11.9 Å². The lowest BCUT2D eigenvalue weighted by Crippen LogP contribution is -2.11. The van der Waals surface area contributed by atoms with Gasteiger partial charge in [0.2, 0.25) is 5.75 Å². The average Bonchev–Trinajstić information content (AvgIpc) is 2.50. The first-order valence-electron chi connectivity index (χ1n) is 6.89. The summed E-state index contributed by atoms with van der Waals surface area (Å²) in [5, 5.41) is 20.3. The van der Waals surface area contributed by atoms with Crippen LogP contribution < -0.4 is 9.47 Å². The number of carboxylic acids is 1. The molecule has 0 radical (unpaired) electrons. The number of carbonyl (C=O) groups excluding carboxylic acids is 1. The van der Waals surface area contributed by atoms with Crippen molar-refractivity contribution in [1.82, 2.24) is 0 Å². The normalized spacial score (nSPS) is 10.3. The van der Waals surface area contributed by atoms with E-state index in [4.69, 9.17) is 9.47 Å². The summed E-state index contributed by atoms with van der Waals surface area (Å²) < 4.78 is 10.6. The van der Waals surface area contributed by atoms with Crippen LogP contribution >= 0.6 is 0 Å². The van der Waals surface area contributed by atoms with Crippen LogP contribution in [-0.4, -0.2) is 28.8 Å². The lowest BCUT2D eigenvalue weighted by molar-refractivity contribution is -0.130. The number of rotatable bonds is 5. The maximum atomic E-state index is 11.9. The van der Waals surface area contributed by atoms with Crippen molar-refractivity contribution >= 4 is 22.7 Å². The van der Waals surface area contributed by atoms with Crippen molar-refractivity contribution in [2.45, 2.75) is 13.8 Å². The first kappa shape index (κ1) is 16.4. The van der Waals surface area contributed by atoms with E-state index in [2.05, 4.69) is 6.58 Å². The first-order chi connectivity index (χ1) is 10.9. The van der Waals surface area contributed by atoms with Gasteiger partial charge < -0.3 is 19.7 Å². The van der Waals surface area contributed by atoms with Crippen molar-refractivity contribution in [3.8, 4) is 17.2 Å². The number of hydrogen-bond acceptors (Lipinski definition) is 5. The fourth-order valence-electron chi connectivity index (χ4n) is 2.15. The van der Waals surface area contributed by atoms with Crippen LogP contribution in [0.3, 0.4) is 0 Å². The summed E-state index contributed by atoms with van der Waals surface area (Å²) in [6.07, 6.45) is 0. The molecule has 0 saturated heterocycles. The van der Waals surface area contributed by atoms with Crippen molar-refractivity contribution in [3.05, 3.63) is 42.0 Å². The lowest BCUT2D eigenvalue weighted by Gasteiger charge is -2.17. The maximum absolute atomic E-state index is 11.9. The van der Waals surface area contributed by atoms with Crippen molar-refractivity contribution < 1.29 is 29.3 Å². The van der Waals surface area contributed by atoms with Gasteiger partial charge in [0, 0.05) is 16.3 Å². The van der Waals surface area contributed by atoms with E-state index in [0.717, 1.165) is 0 Å². The Morgan fingerprint density at radius 1 is 1.17 bits per heavy atom. The molecule has 0 aliphatic rings. The van der Waals surface area contributed by atoms with E-state index in [1.165, 1.54) is 13.0 Å². The molecule has 0 aliphatic heterocycles. The molecule has 0 fully saturated rings. The molecule has 2 N–H and O–H groups in total. The van der Waals surface area contributed by atoms with E-state index in [1.54, 1.807) is 25.1 Å². The van der Waals surface area contributed by atoms with Crippen LogP contribution in [0.15, 0.2) is 36.4 Å². The molecule has 0 atom stereocenters. The minimum Gasteiger partial charge on any atom is -0.504 e. The van der Waals surface area contributed by atoms with Crippen LogP contribution in [0.5, 0.6) is 17.2 Å². The molecule has 0 amide bonds. The molecule has 0 unspecified atom stereocenters. The Labute approximate surface area is 132 Å². The van der Waals surface area contributed by atoms with Crippen LogP contribution in [0.25, 0.3) is 10.8 Å². The van der Waals surface area contributed by atoms with Crippen LogP contribution in [0, 0.1) is 0 Å². The number of aromatic hydroxyl groups is 1. The van der Waals surface area contributed by atoms with Gasteiger partial charge in [0.15, 0.2) is 11.5 Å². The summed E-state index contributed by atoms with van der Waals surface area (Å²) in [6.45, 7) is 6.81. The summed E-state index contributed by atoms with van der Waals surface area (Å²) in [4.78, 5) is 23.4.